The van der Waals surface area contributed by atoms with Crippen molar-refractivity contribution in [1.29, 1.82) is 0 Å². The molecular weight excluding hydrogens is 388 g/mol. The van der Waals surface area contributed by atoms with Gasteiger partial charge in [0.1, 0.15) is 12.1 Å². The van der Waals surface area contributed by atoms with Crippen LogP contribution in [0.4, 0.5) is 10.5 Å². The van der Waals surface area contributed by atoms with Crippen LogP contribution in [-0.2, 0) is 24.3 Å². The van der Waals surface area contributed by atoms with E-state index in [1.807, 2.05) is 6.07 Å². The Bertz CT molecular complexity index is 829. The lowest BCUT2D eigenvalue weighted by atomic mass is 10.2. The van der Waals surface area contributed by atoms with Gasteiger partial charge in [-0.1, -0.05) is 18.2 Å². The van der Waals surface area contributed by atoms with Crippen LogP contribution in [0.1, 0.15) is 6.92 Å². The molecule has 0 aliphatic carbocycles. The average Bonchev–Trinajstić information content (AvgIpc) is 2.66. The maximum absolute atomic E-state index is 12.6. The van der Waals surface area contributed by atoms with Crippen molar-refractivity contribution in [3.63, 3.8) is 0 Å². The molecule has 11 heteroatoms. The van der Waals surface area contributed by atoms with Gasteiger partial charge in [0, 0.05) is 25.3 Å². The Kier molecular flexibility index (Phi) is 6.97. The number of carbonyl (C=O) groups excluding carboxylic acids is 3. The highest BCUT2D eigenvalue weighted by Crippen LogP contribution is 2.16. The van der Waals surface area contributed by atoms with Gasteiger partial charge >= 0.3 is 12.0 Å². The van der Waals surface area contributed by atoms with E-state index in [1.54, 1.807) is 24.3 Å². The lowest BCUT2D eigenvalue weighted by molar-refractivity contribution is -0.145. The number of rotatable bonds is 5. The van der Waals surface area contributed by atoms with Crippen molar-refractivity contribution in [3.05, 3.63) is 30.3 Å². The lowest BCUT2D eigenvalue weighted by Crippen LogP contribution is -2.62. The second-order valence-electron chi connectivity index (χ2n) is 6.39. The summed E-state index contributed by atoms with van der Waals surface area (Å²) in [5.74, 6) is -1.34. The molecule has 0 aromatic heterocycles. The number of hydrogen-bond acceptors (Lipinski definition) is 6. The molecular formula is C17H24N4O6S. The molecule has 1 aromatic carbocycles. The molecule has 10 nitrogen and oxygen atoms in total. The number of para-hydroxylation sites is 1. The van der Waals surface area contributed by atoms with Gasteiger partial charge in [0.15, 0.2) is 0 Å². The Hall–Kier alpha value is -2.66. The topological polar surface area (TPSA) is 125 Å². The van der Waals surface area contributed by atoms with Gasteiger partial charge in [-0.15, -0.1) is 0 Å². The molecule has 0 radical (unpaired) electrons. The summed E-state index contributed by atoms with van der Waals surface area (Å²) >= 11 is 0. The highest BCUT2D eigenvalue weighted by molar-refractivity contribution is 7.88. The number of esters is 1. The normalized spacial score (nSPS) is 18.8. The monoisotopic (exact) mass is 412 g/mol. The smallest absolute Gasteiger partial charge is 0.328 e. The molecule has 1 fully saturated rings. The number of nitrogens with zero attached hydrogens (tertiary/aromatic N) is 2. The first kappa shape index (κ1) is 21.6. The first-order valence-electron chi connectivity index (χ1n) is 8.59. The minimum atomic E-state index is -3.69. The molecule has 0 spiro atoms. The summed E-state index contributed by atoms with van der Waals surface area (Å²) in [6, 6.07) is 6.22. The van der Waals surface area contributed by atoms with Gasteiger partial charge in [-0.25, -0.2) is 18.0 Å². The minimum absolute atomic E-state index is 0.0360. The van der Waals surface area contributed by atoms with Crippen LogP contribution < -0.4 is 10.6 Å². The van der Waals surface area contributed by atoms with Crippen molar-refractivity contribution < 1.29 is 27.5 Å². The highest BCUT2D eigenvalue weighted by atomic mass is 32.2. The van der Waals surface area contributed by atoms with E-state index in [1.165, 1.54) is 18.9 Å². The minimum Gasteiger partial charge on any atom is -0.467 e. The van der Waals surface area contributed by atoms with E-state index in [-0.39, 0.29) is 19.6 Å². The predicted molar refractivity (Wildman–Crippen MR) is 102 cm³/mol. The summed E-state index contributed by atoms with van der Waals surface area (Å²) in [5, 5.41) is 5.14. The molecule has 0 unspecified atom stereocenters. The van der Waals surface area contributed by atoms with Gasteiger partial charge < -0.3 is 20.3 Å². The van der Waals surface area contributed by atoms with Crippen LogP contribution in [-0.4, -0.2) is 80.6 Å². The van der Waals surface area contributed by atoms with E-state index in [2.05, 4.69) is 15.4 Å². The maximum atomic E-state index is 12.6. The van der Waals surface area contributed by atoms with Crippen molar-refractivity contribution in [1.82, 2.24) is 14.5 Å². The molecule has 3 amide bonds. The van der Waals surface area contributed by atoms with Crippen molar-refractivity contribution >= 4 is 33.6 Å². The number of benzene rings is 1. The summed E-state index contributed by atoms with van der Waals surface area (Å²) in [6.07, 6.45) is 0.997. The molecule has 2 rings (SSSR count). The molecule has 0 bridgehead atoms. The Morgan fingerprint density at radius 3 is 2.39 bits per heavy atom. The third-order valence-corrected chi connectivity index (χ3v) is 5.57. The average molecular weight is 412 g/mol. The van der Waals surface area contributed by atoms with Crippen LogP contribution in [0.3, 0.4) is 0 Å². The zero-order valence-corrected chi connectivity index (χ0v) is 16.7. The molecule has 1 aliphatic heterocycles. The summed E-state index contributed by atoms with van der Waals surface area (Å²) < 4.78 is 29.7. The Morgan fingerprint density at radius 1 is 1.18 bits per heavy atom. The van der Waals surface area contributed by atoms with E-state index < -0.39 is 40.0 Å². The molecule has 154 valence electrons. The van der Waals surface area contributed by atoms with Crippen molar-refractivity contribution in [3.8, 4) is 0 Å². The summed E-state index contributed by atoms with van der Waals surface area (Å²) in [4.78, 5) is 38.0. The molecule has 1 heterocycles. The molecule has 1 saturated heterocycles. The number of hydrogen-bond donors (Lipinski definition) is 2. The number of methoxy groups -OCH3 is 1. The van der Waals surface area contributed by atoms with Crippen molar-refractivity contribution in [2.45, 2.75) is 19.0 Å². The fourth-order valence-corrected chi connectivity index (χ4v) is 3.87. The highest BCUT2D eigenvalue weighted by Gasteiger charge is 2.39. The standard InChI is InChI=1S/C17H24N4O6S/c1-12(16(23)27-2)18-15(22)14-11-20(9-10-21(14)28(3,25)26)17(24)19-13-7-5-4-6-8-13/h4-8,12,14H,9-11H2,1-3H3,(H,18,22)(H,19,24)/t12-,14-/m1/s1. The van der Waals surface area contributed by atoms with Gasteiger partial charge in [-0.05, 0) is 19.1 Å². The van der Waals surface area contributed by atoms with Gasteiger partial charge in [0.2, 0.25) is 15.9 Å². The molecule has 2 N–H and O–H groups in total. The van der Waals surface area contributed by atoms with Gasteiger partial charge in [-0.2, -0.15) is 4.31 Å². The van der Waals surface area contributed by atoms with Crippen LogP contribution in [0, 0.1) is 0 Å². The number of sulfonamides is 1. The first-order valence-corrected chi connectivity index (χ1v) is 10.4. The van der Waals surface area contributed by atoms with Crippen LogP contribution >= 0.6 is 0 Å². The number of anilines is 1. The largest absolute Gasteiger partial charge is 0.467 e. The zero-order valence-electron chi connectivity index (χ0n) is 15.9. The van der Waals surface area contributed by atoms with Gasteiger partial charge in [0.05, 0.1) is 13.4 Å². The number of amides is 3. The van der Waals surface area contributed by atoms with Crippen LogP contribution in [0.25, 0.3) is 0 Å². The number of piperazine rings is 1. The van der Waals surface area contributed by atoms with Crippen LogP contribution in [0.15, 0.2) is 30.3 Å². The molecule has 28 heavy (non-hydrogen) atoms. The summed E-state index contributed by atoms with van der Waals surface area (Å²) in [7, 11) is -2.51. The third kappa shape index (κ3) is 5.42. The quantitative estimate of drug-likeness (QED) is 0.648. The number of nitrogens with one attached hydrogen (secondary N) is 2. The molecule has 1 aliphatic rings. The fourth-order valence-electron chi connectivity index (χ4n) is 2.83. The lowest BCUT2D eigenvalue weighted by Gasteiger charge is -2.39. The number of carbonyl (C=O) groups is 3. The Balaban J connectivity index is 2.14. The first-order chi connectivity index (χ1) is 13.1. The Labute approximate surface area is 163 Å². The maximum Gasteiger partial charge on any atom is 0.328 e. The van der Waals surface area contributed by atoms with Gasteiger partial charge in [0.25, 0.3) is 0 Å². The van der Waals surface area contributed by atoms with E-state index >= 15 is 0 Å². The Morgan fingerprint density at radius 2 is 1.82 bits per heavy atom. The van der Waals surface area contributed by atoms with E-state index in [9.17, 15) is 22.8 Å². The van der Waals surface area contributed by atoms with E-state index in [4.69, 9.17) is 0 Å². The number of urea groups is 1. The molecule has 1 aromatic rings. The SMILES string of the molecule is COC(=O)[C@@H](C)NC(=O)[C@H]1CN(C(=O)Nc2ccccc2)CCN1S(C)(=O)=O. The molecule has 2 atom stereocenters. The zero-order chi connectivity index (χ0) is 20.9. The fraction of sp³-hybridized carbons (Fsp3) is 0.471. The van der Waals surface area contributed by atoms with Crippen LogP contribution in [0.2, 0.25) is 0 Å². The second-order valence-corrected chi connectivity index (χ2v) is 8.32. The molecule has 0 saturated carbocycles. The van der Waals surface area contributed by atoms with Crippen LogP contribution in [0.5, 0.6) is 0 Å². The third-order valence-electron chi connectivity index (χ3n) is 4.29. The predicted octanol–water partition coefficient (Wildman–Crippen LogP) is -0.158. The second kappa shape index (κ2) is 9.02. The van der Waals surface area contributed by atoms with Crippen molar-refractivity contribution in [2.75, 3.05) is 38.3 Å². The van der Waals surface area contributed by atoms with E-state index in [0.717, 1.165) is 10.6 Å². The summed E-state index contributed by atoms with van der Waals surface area (Å²) in [6.45, 7) is 1.37. The van der Waals surface area contributed by atoms with Crippen molar-refractivity contribution in [2.24, 2.45) is 0 Å². The van der Waals surface area contributed by atoms with E-state index in [0.29, 0.717) is 5.69 Å². The number of ether oxygens (including phenoxy) is 1. The summed E-state index contributed by atoms with van der Waals surface area (Å²) in [5.41, 5.74) is 0.582. The van der Waals surface area contributed by atoms with Gasteiger partial charge in [-0.3, -0.25) is 4.79 Å².